The van der Waals surface area contributed by atoms with Crippen molar-refractivity contribution in [2.75, 3.05) is 0 Å². The van der Waals surface area contributed by atoms with E-state index in [4.69, 9.17) is 4.42 Å². The molecular formula is C16H23N5O2. The number of nitrogens with one attached hydrogen (secondary N) is 1. The lowest BCUT2D eigenvalue weighted by molar-refractivity contribution is 0.0936. The summed E-state index contributed by atoms with van der Waals surface area (Å²) in [5.74, 6) is 1.76. The normalized spacial score (nSPS) is 20.8. The van der Waals surface area contributed by atoms with Crippen LogP contribution in [-0.2, 0) is 13.0 Å². The molecule has 23 heavy (non-hydrogen) atoms. The zero-order chi connectivity index (χ0) is 16.4. The second-order valence-electron chi connectivity index (χ2n) is 6.23. The summed E-state index contributed by atoms with van der Waals surface area (Å²) in [4.78, 5) is 12.4. The van der Waals surface area contributed by atoms with E-state index in [-0.39, 0.29) is 11.9 Å². The zero-order valence-corrected chi connectivity index (χ0v) is 13.9. The van der Waals surface area contributed by atoms with Crippen molar-refractivity contribution in [3.63, 3.8) is 0 Å². The molecule has 1 aliphatic rings. The van der Waals surface area contributed by atoms with Gasteiger partial charge in [-0.25, -0.2) is 0 Å². The molecule has 1 fully saturated rings. The van der Waals surface area contributed by atoms with Crippen LogP contribution in [0.1, 0.15) is 54.0 Å². The highest BCUT2D eigenvalue weighted by atomic mass is 16.4. The monoisotopic (exact) mass is 317 g/mol. The highest BCUT2D eigenvalue weighted by Crippen LogP contribution is 2.28. The molecule has 0 aromatic carbocycles. The Morgan fingerprint density at radius 2 is 2.22 bits per heavy atom. The van der Waals surface area contributed by atoms with E-state index < -0.39 is 0 Å². The number of carbonyl (C=O) groups excluding carboxylic acids is 1. The first kappa shape index (κ1) is 15.7. The van der Waals surface area contributed by atoms with E-state index in [0.29, 0.717) is 23.3 Å². The van der Waals surface area contributed by atoms with Crippen LogP contribution in [0.2, 0.25) is 0 Å². The van der Waals surface area contributed by atoms with Gasteiger partial charge in [-0.05, 0) is 39.0 Å². The number of hydrogen-bond donors (Lipinski definition) is 1. The van der Waals surface area contributed by atoms with Gasteiger partial charge in [0.15, 0.2) is 0 Å². The van der Waals surface area contributed by atoms with Gasteiger partial charge in [-0.15, -0.1) is 10.2 Å². The first-order valence-corrected chi connectivity index (χ1v) is 8.19. The van der Waals surface area contributed by atoms with Gasteiger partial charge in [-0.1, -0.05) is 0 Å². The van der Waals surface area contributed by atoms with E-state index in [2.05, 4.69) is 20.6 Å². The van der Waals surface area contributed by atoms with Crippen molar-refractivity contribution in [1.29, 1.82) is 0 Å². The Morgan fingerprint density at radius 3 is 2.87 bits per heavy atom. The van der Waals surface area contributed by atoms with Crippen molar-refractivity contribution in [2.24, 2.45) is 5.92 Å². The van der Waals surface area contributed by atoms with E-state index in [1.807, 2.05) is 18.5 Å². The fraction of sp³-hybridized carbons (Fsp3) is 0.625. The predicted octanol–water partition coefficient (Wildman–Crippen LogP) is 2.04. The summed E-state index contributed by atoms with van der Waals surface area (Å²) in [6.07, 6.45) is 5.46. The van der Waals surface area contributed by atoms with Crippen molar-refractivity contribution >= 4 is 5.91 Å². The lowest BCUT2D eigenvalue weighted by Crippen LogP contribution is -2.33. The topological polar surface area (TPSA) is 85.8 Å². The summed E-state index contributed by atoms with van der Waals surface area (Å²) in [7, 11) is 0. The smallest absolute Gasteiger partial charge is 0.254 e. The van der Waals surface area contributed by atoms with Crippen molar-refractivity contribution in [1.82, 2.24) is 25.3 Å². The van der Waals surface area contributed by atoms with Gasteiger partial charge in [0.05, 0.1) is 11.8 Å². The molecule has 2 aromatic heterocycles. The van der Waals surface area contributed by atoms with Gasteiger partial charge in [-0.2, -0.15) is 5.10 Å². The van der Waals surface area contributed by atoms with Gasteiger partial charge in [0.25, 0.3) is 5.91 Å². The minimum absolute atomic E-state index is 0.0264. The molecule has 1 aliphatic carbocycles. The fourth-order valence-corrected chi connectivity index (χ4v) is 3.31. The van der Waals surface area contributed by atoms with Crippen LogP contribution in [0.15, 0.2) is 10.6 Å². The predicted molar refractivity (Wildman–Crippen MR) is 84.0 cm³/mol. The molecule has 124 valence electrons. The standard InChI is InChI=1S/C16H23N5O2/c1-4-21-10(2)14(9-17-21)16(22)18-13-6-5-12(7-13)8-15-20-19-11(3)23-15/h9,12-13H,4-8H2,1-3H3,(H,18,22)/t12-,13+/m1/s1. The molecule has 2 heterocycles. The van der Waals surface area contributed by atoms with Crippen molar-refractivity contribution in [3.05, 3.63) is 29.2 Å². The molecule has 0 unspecified atom stereocenters. The number of rotatable bonds is 5. The summed E-state index contributed by atoms with van der Waals surface area (Å²) in [5.41, 5.74) is 1.59. The van der Waals surface area contributed by atoms with Gasteiger partial charge >= 0.3 is 0 Å². The molecule has 0 radical (unpaired) electrons. The molecule has 7 heteroatoms. The van der Waals surface area contributed by atoms with Gasteiger partial charge in [0.2, 0.25) is 11.8 Å². The molecule has 0 spiro atoms. The van der Waals surface area contributed by atoms with E-state index in [0.717, 1.165) is 37.9 Å². The number of hydrogen-bond acceptors (Lipinski definition) is 5. The summed E-state index contributed by atoms with van der Waals surface area (Å²) in [6.45, 7) is 6.52. The van der Waals surface area contributed by atoms with Crippen LogP contribution < -0.4 is 5.32 Å². The lowest BCUT2D eigenvalue weighted by atomic mass is 10.0. The minimum Gasteiger partial charge on any atom is -0.426 e. The van der Waals surface area contributed by atoms with Gasteiger partial charge < -0.3 is 9.73 Å². The summed E-state index contributed by atoms with van der Waals surface area (Å²) in [6, 6.07) is 0.209. The Morgan fingerprint density at radius 1 is 1.39 bits per heavy atom. The van der Waals surface area contributed by atoms with Crippen LogP contribution in [-0.4, -0.2) is 31.9 Å². The number of carbonyl (C=O) groups is 1. The van der Waals surface area contributed by atoms with Gasteiger partial charge in [0.1, 0.15) is 0 Å². The van der Waals surface area contributed by atoms with Gasteiger partial charge in [0, 0.05) is 31.6 Å². The van der Waals surface area contributed by atoms with E-state index in [1.54, 1.807) is 13.1 Å². The number of aryl methyl sites for hydroxylation is 2. The van der Waals surface area contributed by atoms with Crippen molar-refractivity contribution in [3.8, 4) is 0 Å². The molecular weight excluding hydrogens is 294 g/mol. The second kappa shape index (κ2) is 6.52. The number of nitrogens with zero attached hydrogens (tertiary/aromatic N) is 4. The SMILES string of the molecule is CCn1ncc(C(=O)N[C@H]2CC[C@@H](Cc3nnc(C)o3)C2)c1C. The van der Waals surface area contributed by atoms with E-state index in [9.17, 15) is 4.79 Å². The van der Waals surface area contributed by atoms with Crippen LogP contribution in [0, 0.1) is 19.8 Å². The first-order chi connectivity index (χ1) is 11.1. The Balaban J connectivity index is 1.55. The number of aromatic nitrogens is 4. The minimum atomic E-state index is -0.0264. The molecule has 2 aromatic rings. The molecule has 3 rings (SSSR count). The fourth-order valence-electron chi connectivity index (χ4n) is 3.31. The van der Waals surface area contributed by atoms with Crippen LogP contribution in [0.4, 0.5) is 0 Å². The molecule has 2 atom stereocenters. The maximum absolute atomic E-state index is 12.4. The average Bonchev–Trinajstić information content (AvgIpc) is 3.21. The molecule has 0 saturated heterocycles. The van der Waals surface area contributed by atoms with Crippen LogP contribution >= 0.6 is 0 Å². The summed E-state index contributed by atoms with van der Waals surface area (Å²) < 4.78 is 7.28. The van der Waals surface area contributed by atoms with Crippen LogP contribution in [0.3, 0.4) is 0 Å². The maximum Gasteiger partial charge on any atom is 0.254 e. The zero-order valence-electron chi connectivity index (χ0n) is 13.9. The summed E-state index contributed by atoms with van der Waals surface area (Å²) in [5, 5.41) is 15.3. The molecule has 1 saturated carbocycles. The maximum atomic E-state index is 12.4. The van der Waals surface area contributed by atoms with Gasteiger partial charge in [-0.3, -0.25) is 9.48 Å². The van der Waals surface area contributed by atoms with Crippen LogP contribution in [0.25, 0.3) is 0 Å². The largest absolute Gasteiger partial charge is 0.426 e. The first-order valence-electron chi connectivity index (χ1n) is 8.19. The third kappa shape index (κ3) is 3.43. The average molecular weight is 317 g/mol. The third-order valence-corrected chi connectivity index (χ3v) is 4.55. The molecule has 1 N–H and O–H groups in total. The molecule has 1 amide bonds. The van der Waals surface area contributed by atoms with Crippen LogP contribution in [0.5, 0.6) is 0 Å². The molecule has 0 bridgehead atoms. The molecule has 0 aliphatic heterocycles. The summed E-state index contributed by atoms with van der Waals surface area (Å²) >= 11 is 0. The van der Waals surface area contributed by atoms with Crippen molar-refractivity contribution in [2.45, 2.75) is 59.0 Å². The van der Waals surface area contributed by atoms with E-state index >= 15 is 0 Å². The Hall–Kier alpha value is -2.18. The second-order valence-corrected chi connectivity index (χ2v) is 6.23. The molecule has 7 nitrogen and oxygen atoms in total. The highest BCUT2D eigenvalue weighted by molar-refractivity contribution is 5.95. The lowest BCUT2D eigenvalue weighted by Gasteiger charge is -2.13. The Bertz CT molecular complexity index is 690. The quantitative estimate of drug-likeness (QED) is 0.912. The Labute approximate surface area is 135 Å². The number of amides is 1. The Kier molecular flexibility index (Phi) is 4.45. The van der Waals surface area contributed by atoms with Crippen molar-refractivity contribution < 1.29 is 9.21 Å². The van der Waals surface area contributed by atoms with E-state index in [1.165, 1.54) is 0 Å². The highest BCUT2D eigenvalue weighted by Gasteiger charge is 2.28. The third-order valence-electron chi connectivity index (χ3n) is 4.55.